The van der Waals surface area contributed by atoms with Crippen LogP contribution in [0.4, 0.5) is 4.39 Å². The van der Waals surface area contributed by atoms with Crippen molar-refractivity contribution < 1.29 is 4.39 Å². The van der Waals surface area contributed by atoms with Crippen LogP contribution in [0.1, 0.15) is 11.3 Å². The fourth-order valence-electron chi connectivity index (χ4n) is 1.99. The number of H-pyrrole nitrogens is 1. The lowest BCUT2D eigenvalue weighted by atomic mass is 10.2. The normalized spacial score (nSPS) is 14.1. The highest BCUT2D eigenvalue weighted by Crippen LogP contribution is 2.16. The van der Waals surface area contributed by atoms with Gasteiger partial charge in [-0.15, -0.1) is 0 Å². The fourth-order valence-corrected chi connectivity index (χ4v) is 1.99. The predicted octanol–water partition coefficient (Wildman–Crippen LogP) is 0.908. The van der Waals surface area contributed by atoms with Crippen LogP contribution in [0.2, 0.25) is 0 Å². The average Bonchev–Trinajstić information content (AvgIpc) is 2.84. The maximum atomic E-state index is 12.8. The first-order valence-corrected chi connectivity index (χ1v) is 5.05. The second-order valence-electron chi connectivity index (χ2n) is 3.78. The smallest absolute Gasteiger partial charge is 0.269 e. The summed E-state index contributed by atoms with van der Waals surface area (Å²) in [7, 11) is 0. The SMILES string of the molecule is O=c1[nH]n(-c2ccc(F)cc2)c2c1CNC2. The zero-order chi connectivity index (χ0) is 11.1. The largest absolute Gasteiger partial charge is 0.307 e. The summed E-state index contributed by atoms with van der Waals surface area (Å²) in [6.07, 6.45) is 0. The summed E-state index contributed by atoms with van der Waals surface area (Å²) in [4.78, 5) is 11.6. The molecule has 2 heterocycles. The molecular weight excluding hydrogens is 209 g/mol. The molecule has 1 aromatic heterocycles. The van der Waals surface area contributed by atoms with Crippen molar-refractivity contribution in [1.82, 2.24) is 15.1 Å². The highest BCUT2D eigenvalue weighted by atomic mass is 19.1. The monoisotopic (exact) mass is 219 g/mol. The van der Waals surface area contributed by atoms with Gasteiger partial charge in [-0.05, 0) is 24.3 Å². The van der Waals surface area contributed by atoms with E-state index in [0.29, 0.717) is 13.1 Å². The average molecular weight is 219 g/mol. The van der Waals surface area contributed by atoms with Gasteiger partial charge in [0, 0.05) is 13.1 Å². The second-order valence-corrected chi connectivity index (χ2v) is 3.78. The van der Waals surface area contributed by atoms with Crippen molar-refractivity contribution in [2.45, 2.75) is 13.1 Å². The Hall–Kier alpha value is -1.88. The molecule has 0 spiro atoms. The minimum Gasteiger partial charge on any atom is -0.307 e. The van der Waals surface area contributed by atoms with Gasteiger partial charge in [-0.3, -0.25) is 14.6 Å². The molecule has 1 aliphatic heterocycles. The molecule has 0 bridgehead atoms. The summed E-state index contributed by atoms with van der Waals surface area (Å²) in [5.41, 5.74) is 2.38. The number of hydrogen-bond acceptors (Lipinski definition) is 2. The van der Waals surface area contributed by atoms with E-state index >= 15 is 0 Å². The first kappa shape index (κ1) is 9.35. The number of nitrogens with one attached hydrogen (secondary N) is 2. The van der Waals surface area contributed by atoms with Gasteiger partial charge in [0.2, 0.25) is 0 Å². The molecule has 3 rings (SSSR count). The third-order valence-corrected chi connectivity index (χ3v) is 2.78. The Labute approximate surface area is 90.7 Å². The van der Waals surface area contributed by atoms with E-state index in [9.17, 15) is 9.18 Å². The number of halogens is 1. The van der Waals surface area contributed by atoms with Crippen molar-refractivity contribution in [1.29, 1.82) is 0 Å². The van der Waals surface area contributed by atoms with Crippen molar-refractivity contribution in [2.75, 3.05) is 0 Å². The van der Waals surface area contributed by atoms with Crippen LogP contribution in [-0.2, 0) is 13.1 Å². The second kappa shape index (κ2) is 3.31. The number of aromatic nitrogens is 2. The molecule has 0 amide bonds. The zero-order valence-electron chi connectivity index (χ0n) is 8.46. The van der Waals surface area contributed by atoms with Crippen LogP contribution >= 0.6 is 0 Å². The van der Waals surface area contributed by atoms with Gasteiger partial charge < -0.3 is 5.32 Å². The molecule has 1 aliphatic rings. The molecule has 0 radical (unpaired) electrons. The molecule has 82 valence electrons. The molecule has 0 saturated carbocycles. The van der Waals surface area contributed by atoms with Gasteiger partial charge in [-0.25, -0.2) is 4.39 Å². The van der Waals surface area contributed by atoms with Crippen molar-refractivity contribution >= 4 is 0 Å². The molecule has 4 nitrogen and oxygen atoms in total. The summed E-state index contributed by atoms with van der Waals surface area (Å²) < 4.78 is 14.5. The molecule has 0 unspecified atom stereocenters. The fraction of sp³-hybridized carbons (Fsp3) is 0.182. The molecule has 2 aromatic rings. The van der Waals surface area contributed by atoms with Gasteiger partial charge in [-0.2, -0.15) is 0 Å². The van der Waals surface area contributed by atoms with Gasteiger partial charge in [0.05, 0.1) is 16.9 Å². The molecule has 5 heteroatoms. The lowest BCUT2D eigenvalue weighted by Gasteiger charge is -2.05. The highest BCUT2D eigenvalue weighted by Gasteiger charge is 2.20. The topological polar surface area (TPSA) is 49.8 Å². The Morgan fingerprint density at radius 3 is 2.69 bits per heavy atom. The van der Waals surface area contributed by atoms with Crippen LogP contribution < -0.4 is 10.9 Å². The van der Waals surface area contributed by atoms with Gasteiger partial charge in [0.15, 0.2) is 0 Å². The van der Waals surface area contributed by atoms with E-state index in [-0.39, 0.29) is 11.4 Å². The number of aromatic amines is 1. The van der Waals surface area contributed by atoms with Gasteiger partial charge in [0.25, 0.3) is 5.56 Å². The van der Waals surface area contributed by atoms with Gasteiger partial charge in [0.1, 0.15) is 5.82 Å². The molecule has 0 fully saturated rings. The maximum Gasteiger partial charge on any atom is 0.269 e. The summed E-state index contributed by atoms with van der Waals surface area (Å²) >= 11 is 0. The van der Waals surface area contributed by atoms with Crippen molar-refractivity contribution in [3.63, 3.8) is 0 Å². The Bertz CT molecular complexity index is 582. The van der Waals surface area contributed by atoms with E-state index in [1.807, 2.05) is 0 Å². The van der Waals surface area contributed by atoms with Crippen molar-refractivity contribution in [3.8, 4) is 5.69 Å². The van der Waals surface area contributed by atoms with E-state index in [2.05, 4.69) is 10.4 Å². The number of fused-ring (bicyclic) bond motifs is 1. The molecular formula is C11H10FN3O. The minimum atomic E-state index is -0.284. The Balaban J connectivity index is 2.17. The van der Waals surface area contributed by atoms with Crippen LogP contribution in [-0.4, -0.2) is 9.78 Å². The van der Waals surface area contributed by atoms with E-state index in [0.717, 1.165) is 16.9 Å². The summed E-state index contributed by atoms with van der Waals surface area (Å²) in [5.74, 6) is -0.284. The summed E-state index contributed by atoms with van der Waals surface area (Å²) in [5, 5.41) is 5.86. The number of rotatable bonds is 1. The van der Waals surface area contributed by atoms with E-state index in [1.54, 1.807) is 16.8 Å². The highest BCUT2D eigenvalue weighted by molar-refractivity contribution is 5.36. The third-order valence-electron chi connectivity index (χ3n) is 2.78. The molecule has 1 aromatic carbocycles. The van der Waals surface area contributed by atoms with Crippen LogP contribution in [0.5, 0.6) is 0 Å². The van der Waals surface area contributed by atoms with Crippen LogP contribution in [0.25, 0.3) is 5.69 Å². The third kappa shape index (κ3) is 1.29. The van der Waals surface area contributed by atoms with Crippen LogP contribution in [0, 0.1) is 5.82 Å². The van der Waals surface area contributed by atoms with Gasteiger partial charge in [-0.1, -0.05) is 0 Å². The van der Waals surface area contributed by atoms with Crippen molar-refractivity contribution in [2.24, 2.45) is 0 Å². The first-order valence-electron chi connectivity index (χ1n) is 5.05. The van der Waals surface area contributed by atoms with Crippen LogP contribution in [0.15, 0.2) is 29.1 Å². The zero-order valence-corrected chi connectivity index (χ0v) is 8.46. The van der Waals surface area contributed by atoms with Crippen LogP contribution in [0.3, 0.4) is 0 Å². The number of benzene rings is 1. The quantitative estimate of drug-likeness (QED) is 0.749. The standard InChI is InChI=1S/C11H10FN3O/c12-7-1-3-8(4-2-7)15-10-6-13-5-9(10)11(16)14-15/h1-4,13H,5-6H2,(H,14,16). The Morgan fingerprint density at radius 2 is 1.94 bits per heavy atom. The molecule has 2 N–H and O–H groups in total. The molecule has 0 atom stereocenters. The first-order chi connectivity index (χ1) is 7.75. The van der Waals surface area contributed by atoms with E-state index < -0.39 is 0 Å². The van der Waals surface area contributed by atoms with Gasteiger partial charge >= 0.3 is 0 Å². The minimum absolute atomic E-state index is 0.0793. The summed E-state index contributed by atoms with van der Waals surface area (Å²) in [6.45, 7) is 1.25. The number of hydrogen-bond donors (Lipinski definition) is 2. The van der Waals surface area contributed by atoms with E-state index in [1.165, 1.54) is 12.1 Å². The number of nitrogens with zero attached hydrogens (tertiary/aromatic N) is 1. The van der Waals surface area contributed by atoms with Crippen molar-refractivity contribution in [3.05, 3.63) is 51.7 Å². The molecule has 0 aliphatic carbocycles. The Kier molecular flexibility index (Phi) is 1.94. The maximum absolute atomic E-state index is 12.8. The Morgan fingerprint density at radius 1 is 1.19 bits per heavy atom. The molecule has 16 heavy (non-hydrogen) atoms. The lowest BCUT2D eigenvalue weighted by Crippen LogP contribution is -2.13. The summed E-state index contributed by atoms with van der Waals surface area (Å²) in [6, 6.07) is 6.04. The molecule has 0 saturated heterocycles. The predicted molar refractivity (Wildman–Crippen MR) is 56.9 cm³/mol. The van der Waals surface area contributed by atoms with E-state index in [4.69, 9.17) is 0 Å². The lowest BCUT2D eigenvalue weighted by molar-refractivity contribution is 0.626.